The van der Waals surface area contributed by atoms with E-state index in [1.807, 2.05) is 12.1 Å². The van der Waals surface area contributed by atoms with E-state index < -0.39 is 0 Å². The van der Waals surface area contributed by atoms with Gasteiger partial charge in [0.2, 0.25) is 5.96 Å². The zero-order valence-electron chi connectivity index (χ0n) is 8.50. The Morgan fingerprint density at radius 1 is 1.38 bits per heavy atom. The third-order valence-electron chi connectivity index (χ3n) is 2.20. The van der Waals surface area contributed by atoms with E-state index >= 15 is 0 Å². The monoisotopic (exact) mass is 258 g/mol. The first-order valence-corrected chi connectivity index (χ1v) is 5.71. The Morgan fingerprint density at radius 3 is 2.75 bits per heavy atom. The molecule has 0 atom stereocenters. The Balaban J connectivity index is 2.15. The van der Waals surface area contributed by atoms with Gasteiger partial charge in [0.05, 0.1) is 21.8 Å². The van der Waals surface area contributed by atoms with Gasteiger partial charge in [0.15, 0.2) is 0 Å². The second-order valence-corrected chi connectivity index (χ2v) is 4.36. The number of rotatable bonds is 2. The quantitative estimate of drug-likeness (QED) is 0.331. The number of benzene rings is 1. The Labute approximate surface area is 104 Å². The van der Waals surface area contributed by atoms with Crippen molar-refractivity contribution < 1.29 is 0 Å². The molecule has 0 unspecified atom stereocenters. The summed E-state index contributed by atoms with van der Waals surface area (Å²) in [6, 6.07) is 5.72. The molecule has 4 nitrogen and oxygen atoms in total. The number of hydrogen-bond donors (Lipinski definition) is 3. The van der Waals surface area contributed by atoms with Crippen molar-refractivity contribution in [3.05, 3.63) is 28.2 Å². The third-order valence-corrected chi connectivity index (χ3v) is 3.02. The van der Waals surface area contributed by atoms with Crippen LogP contribution < -0.4 is 16.6 Å². The second-order valence-electron chi connectivity index (χ2n) is 3.58. The minimum absolute atomic E-state index is 0.372. The first-order chi connectivity index (χ1) is 7.70. The van der Waals surface area contributed by atoms with Crippen LogP contribution in [0.4, 0.5) is 5.69 Å². The molecule has 0 bridgehead atoms. The van der Waals surface area contributed by atoms with E-state index in [9.17, 15) is 0 Å². The second kappa shape index (κ2) is 4.91. The topological polar surface area (TPSA) is 62.4 Å². The van der Waals surface area contributed by atoms with Gasteiger partial charge >= 0.3 is 0 Å². The van der Waals surface area contributed by atoms with Crippen molar-refractivity contribution in [2.24, 2.45) is 10.8 Å². The van der Waals surface area contributed by atoms with Gasteiger partial charge in [0.25, 0.3) is 0 Å². The van der Waals surface area contributed by atoms with Gasteiger partial charge in [-0.3, -0.25) is 5.43 Å². The van der Waals surface area contributed by atoms with E-state index in [4.69, 9.17) is 29.0 Å². The molecule has 0 heterocycles. The summed E-state index contributed by atoms with van der Waals surface area (Å²) in [4.78, 5) is 4.34. The van der Waals surface area contributed by atoms with Crippen molar-refractivity contribution in [1.29, 1.82) is 0 Å². The molecule has 1 saturated carbocycles. The molecule has 0 amide bonds. The van der Waals surface area contributed by atoms with Gasteiger partial charge in [-0.25, -0.2) is 10.8 Å². The Hall–Kier alpha value is -0.970. The number of halogens is 2. The van der Waals surface area contributed by atoms with Crippen LogP contribution in [0, 0.1) is 0 Å². The number of hydrazine groups is 1. The smallest absolute Gasteiger partial charge is 0.210 e. The molecule has 86 valence electrons. The fraction of sp³-hybridized carbons (Fsp3) is 0.300. The highest BCUT2D eigenvalue weighted by molar-refractivity contribution is 6.44. The van der Waals surface area contributed by atoms with Gasteiger partial charge in [-0.05, 0) is 25.0 Å². The molecular weight excluding hydrogens is 247 g/mol. The summed E-state index contributed by atoms with van der Waals surface area (Å²) >= 11 is 11.9. The van der Waals surface area contributed by atoms with Crippen molar-refractivity contribution in [3.63, 3.8) is 0 Å². The number of nitrogens with one attached hydrogen (secondary N) is 2. The van der Waals surface area contributed by atoms with E-state index in [1.54, 1.807) is 6.07 Å². The molecular formula is C10H12Cl2N4. The first kappa shape index (κ1) is 11.5. The maximum atomic E-state index is 6.03. The molecule has 1 aromatic carbocycles. The lowest BCUT2D eigenvalue weighted by Gasteiger charge is -2.11. The zero-order chi connectivity index (χ0) is 11.5. The number of nitrogens with two attached hydrogens (primary N) is 1. The van der Waals surface area contributed by atoms with Crippen LogP contribution in [-0.4, -0.2) is 12.0 Å². The third kappa shape index (κ3) is 2.78. The lowest BCUT2D eigenvalue weighted by atomic mass is 10.3. The molecule has 0 saturated heterocycles. The maximum Gasteiger partial charge on any atom is 0.210 e. The molecule has 16 heavy (non-hydrogen) atoms. The lowest BCUT2D eigenvalue weighted by Crippen LogP contribution is -2.36. The highest BCUT2D eigenvalue weighted by Crippen LogP contribution is 2.30. The standard InChI is InChI=1S/C10H12Cl2N4/c11-7-2-1-3-8(9(7)12)15-10(16-13)14-6-4-5-6/h1-3,6H,4-5,13H2,(H2,14,15,16). The predicted molar refractivity (Wildman–Crippen MR) is 67.9 cm³/mol. The van der Waals surface area contributed by atoms with Gasteiger partial charge in [-0.1, -0.05) is 29.3 Å². The van der Waals surface area contributed by atoms with E-state index in [2.05, 4.69) is 15.7 Å². The highest BCUT2D eigenvalue weighted by Gasteiger charge is 2.21. The summed E-state index contributed by atoms with van der Waals surface area (Å²) < 4.78 is 0. The Morgan fingerprint density at radius 2 is 2.12 bits per heavy atom. The SMILES string of the molecule is NNC(=NC1CC1)Nc1cccc(Cl)c1Cl. The molecule has 0 aliphatic heterocycles. The molecule has 1 aliphatic rings. The van der Waals surface area contributed by atoms with Gasteiger partial charge in [0, 0.05) is 0 Å². The molecule has 0 aromatic heterocycles. The highest BCUT2D eigenvalue weighted by atomic mass is 35.5. The van der Waals surface area contributed by atoms with Crippen LogP contribution in [0.3, 0.4) is 0 Å². The minimum atomic E-state index is 0.372. The van der Waals surface area contributed by atoms with E-state index in [0.29, 0.717) is 27.7 Å². The van der Waals surface area contributed by atoms with Crippen molar-refractivity contribution in [3.8, 4) is 0 Å². The van der Waals surface area contributed by atoms with Crippen LogP contribution in [0.2, 0.25) is 10.0 Å². The van der Waals surface area contributed by atoms with Crippen LogP contribution in [0.5, 0.6) is 0 Å². The van der Waals surface area contributed by atoms with Crippen LogP contribution in [0.15, 0.2) is 23.2 Å². The molecule has 4 N–H and O–H groups in total. The normalized spacial score (nSPS) is 16.1. The molecule has 2 rings (SSSR count). The number of hydrogen-bond acceptors (Lipinski definition) is 2. The number of guanidine groups is 1. The predicted octanol–water partition coefficient (Wildman–Crippen LogP) is 2.39. The van der Waals surface area contributed by atoms with Gasteiger partial charge < -0.3 is 5.32 Å². The summed E-state index contributed by atoms with van der Waals surface area (Å²) in [5.74, 6) is 5.87. The average Bonchev–Trinajstić information content (AvgIpc) is 3.07. The summed E-state index contributed by atoms with van der Waals surface area (Å²) in [6.07, 6.45) is 2.21. The van der Waals surface area contributed by atoms with Crippen LogP contribution >= 0.6 is 23.2 Å². The fourth-order valence-electron chi connectivity index (χ4n) is 1.22. The summed E-state index contributed by atoms with van der Waals surface area (Å²) in [5, 5.41) is 3.96. The van der Waals surface area contributed by atoms with E-state index in [1.165, 1.54) is 0 Å². The van der Waals surface area contributed by atoms with E-state index in [0.717, 1.165) is 12.8 Å². The van der Waals surface area contributed by atoms with Crippen LogP contribution in [-0.2, 0) is 0 Å². The number of aliphatic imine (C=N–C) groups is 1. The minimum Gasteiger partial charge on any atom is -0.324 e. The Bertz CT molecular complexity index is 415. The largest absolute Gasteiger partial charge is 0.324 e. The average molecular weight is 259 g/mol. The molecule has 1 aliphatic carbocycles. The molecule has 1 fully saturated rings. The fourth-order valence-corrected chi connectivity index (χ4v) is 1.57. The van der Waals surface area contributed by atoms with Crippen molar-refractivity contribution in [2.75, 3.05) is 5.32 Å². The summed E-state index contributed by atoms with van der Waals surface area (Å²) in [6.45, 7) is 0. The molecule has 1 aromatic rings. The van der Waals surface area contributed by atoms with Gasteiger partial charge in [-0.2, -0.15) is 0 Å². The molecule has 6 heteroatoms. The van der Waals surface area contributed by atoms with Crippen molar-refractivity contribution in [1.82, 2.24) is 5.43 Å². The van der Waals surface area contributed by atoms with Crippen LogP contribution in [0.25, 0.3) is 0 Å². The number of anilines is 1. The lowest BCUT2D eigenvalue weighted by molar-refractivity contribution is 0.966. The number of nitrogens with zero attached hydrogens (tertiary/aromatic N) is 1. The van der Waals surface area contributed by atoms with Crippen LogP contribution in [0.1, 0.15) is 12.8 Å². The summed E-state index contributed by atoms with van der Waals surface area (Å²) in [7, 11) is 0. The molecule has 0 spiro atoms. The summed E-state index contributed by atoms with van der Waals surface area (Å²) in [5.41, 5.74) is 3.19. The zero-order valence-corrected chi connectivity index (χ0v) is 10.0. The van der Waals surface area contributed by atoms with Gasteiger partial charge in [-0.15, -0.1) is 0 Å². The first-order valence-electron chi connectivity index (χ1n) is 4.96. The maximum absolute atomic E-state index is 6.03. The van der Waals surface area contributed by atoms with Gasteiger partial charge in [0.1, 0.15) is 0 Å². The van der Waals surface area contributed by atoms with E-state index in [-0.39, 0.29) is 0 Å². The Kier molecular flexibility index (Phi) is 3.53. The van der Waals surface area contributed by atoms with Crippen molar-refractivity contribution >= 4 is 34.8 Å². The molecule has 0 radical (unpaired) electrons. The van der Waals surface area contributed by atoms with Crippen molar-refractivity contribution in [2.45, 2.75) is 18.9 Å².